The largest absolute Gasteiger partial charge is 0.450 e. The van der Waals surface area contributed by atoms with Gasteiger partial charge in [-0.25, -0.2) is 4.79 Å². The number of amides is 1. The summed E-state index contributed by atoms with van der Waals surface area (Å²) in [6, 6.07) is 18.5. The Bertz CT molecular complexity index is 991. The highest BCUT2D eigenvalue weighted by molar-refractivity contribution is 5.68. The molecule has 1 aliphatic heterocycles. The average molecular weight is 420 g/mol. The van der Waals surface area contributed by atoms with Crippen molar-refractivity contribution >= 4 is 6.09 Å². The van der Waals surface area contributed by atoms with Gasteiger partial charge in [0.25, 0.3) is 0 Å². The lowest BCUT2D eigenvalue weighted by molar-refractivity contribution is 0.0700. The van der Waals surface area contributed by atoms with Crippen LogP contribution in [0.5, 0.6) is 0 Å². The SMILES string of the molecule is CCOC(=O)N1CCC(c2cn(OCc3ccccc3)nc2-c2ccc(C)cc2)CC1. The van der Waals surface area contributed by atoms with Crippen molar-refractivity contribution in [2.75, 3.05) is 19.7 Å². The van der Waals surface area contributed by atoms with Crippen LogP contribution in [0.4, 0.5) is 4.79 Å². The lowest BCUT2D eigenvalue weighted by atomic mass is 9.88. The molecule has 0 aliphatic carbocycles. The second kappa shape index (κ2) is 9.69. The zero-order valence-electron chi connectivity index (χ0n) is 18.2. The standard InChI is InChI=1S/C25H29N3O3/c1-3-30-25(29)27-15-13-21(14-16-27)23-17-28(31-18-20-7-5-4-6-8-20)26-24(23)22-11-9-19(2)10-12-22/h4-12,17,21H,3,13-16,18H2,1-2H3. The van der Waals surface area contributed by atoms with E-state index in [0.29, 0.717) is 32.2 Å². The fraction of sp³-hybridized carbons (Fsp3) is 0.360. The molecule has 1 aromatic heterocycles. The van der Waals surface area contributed by atoms with Crippen molar-refractivity contribution in [3.8, 4) is 11.3 Å². The second-order valence-corrected chi connectivity index (χ2v) is 7.92. The van der Waals surface area contributed by atoms with E-state index in [1.54, 1.807) is 9.75 Å². The molecular formula is C25H29N3O3. The molecule has 4 rings (SSSR count). The number of rotatable bonds is 6. The number of aromatic nitrogens is 2. The van der Waals surface area contributed by atoms with Crippen molar-refractivity contribution < 1.29 is 14.4 Å². The number of carbonyl (C=O) groups excluding carboxylic acids is 1. The van der Waals surface area contributed by atoms with Crippen LogP contribution >= 0.6 is 0 Å². The van der Waals surface area contributed by atoms with Crippen molar-refractivity contribution in [1.29, 1.82) is 0 Å². The minimum atomic E-state index is -0.221. The van der Waals surface area contributed by atoms with E-state index in [1.165, 1.54) is 11.1 Å². The normalized spacial score (nSPS) is 14.5. The number of piperidine rings is 1. The summed E-state index contributed by atoms with van der Waals surface area (Å²) in [5.74, 6) is 0.316. The summed E-state index contributed by atoms with van der Waals surface area (Å²) in [5, 5.41) is 4.77. The Hall–Kier alpha value is -3.28. The van der Waals surface area contributed by atoms with Crippen LogP contribution < -0.4 is 4.84 Å². The van der Waals surface area contributed by atoms with Crippen LogP contribution in [0.3, 0.4) is 0 Å². The Morgan fingerprint density at radius 3 is 2.45 bits per heavy atom. The monoisotopic (exact) mass is 419 g/mol. The number of hydrogen-bond acceptors (Lipinski definition) is 4. The van der Waals surface area contributed by atoms with Crippen LogP contribution in [0.2, 0.25) is 0 Å². The van der Waals surface area contributed by atoms with Gasteiger partial charge in [-0.1, -0.05) is 60.2 Å². The van der Waals surface area contributed by atoms with Gasteiger partial charge in [-0.05, 0) is 38.2 Å². The van der Waals surface area contributed by atoms with Gasteiger partial charge >= 0.3 is 6.09 Å². The second-order valence-electron chi connectivity index (χ2n) is 7.92. The molecule has 0 spiro atoms. The summed E-state index contributed by atoms with van der Waals surface area (Å²) in [4.78, 5) is 21.4. The molecule has 0 radical (unpaired) electrons. The van der Waals surface area contributed by atoms with Gasteiger partial charge in [0.1, 0.15) is 6.61 Å². The molecule has 1 aliphatic rings. The molecule has 0 unspecified atom stereocenters. The highest BCUT2D eigenvalue weighted by Crippen LogP contribution is 2.35. The number of hydrogen-bond donors (Lipinski definition) is 0. The first-order chi connectivity index (χ1) is 15.1. The van der Waals surface area contributed by atoms with Gasteiger partial charge in [0.05, 0.1) is 18.5 Å². The number of carbonyl (C=O) groups is 1. The van der Waals surface area contributed by atoms with E-state index in [-0.39, 0.29) is 6.09 Å². The molecule has 0 bridgehead atoms. The predicted molar refractivity (Wildman–Crippen MR) is 120 cm³/mol. The van der Waals surface area contributed by atoms with Crippen LogP contribution in [0, 0.1) is 6.92 Å². The van der Waals surface area contributed by atoms with E-state index in [0.717, 1.165) is 29.7 Å². The molecule has 3 aromatic rings. The van der Waals surface area contributed by atoms with Gasteiger partial charge in [0.15, 0.2) is 0 Å². The lowest BCUT2D eigenvalue weighted by Crippen LogP contribution is -2.38. The quantitative estimate of drug-likeness (QED) is 0.575. The van der Waals surface area contributed by atoms with E-state index < -0.39 is 0 Å². The van der Waals surface area contributed by atoms with Crippen LogP contribution in [-0.4, -0.2) is 40.6 Å². The van der Waals surface area contributed by atoms with Crippen LogP contribution in [0.15, 0.2) is 60.8 Å². The van der Waals surface area contributed by atoms with Crippen LogP contribution in [-0.2, 0) is 11.3 Å². The van der Waals surface area contributed by atoms with Gasteiger partial charge in [0, 0.05) is 24.2 Å². The van der Waals surface area contributed by atoms with E-state index in [9.17, 15) is 4.79 Å². The number of nitrogens with zero attached hydrogens (tertiary/aromatic N) is 3. The predicted octanol–water partition coefficient (Wildman–Crippen LogP) is 4.82. The first-order valence-corrected chi connectivity index (χ1v) is 10.9. The first kappa shape index (κ1) is 21.0. The molecule has 0 N–H and O–H groups in total. The van der Waals surface area contributed by atoms with Crippen molar-refractivity contribution in [3.63, 3.8) is 0 Å². The third kappa shape index (κ3) is 5.08. The molecule has 0 saturated carbocycles. The maximum atomic E-state index is 12.1. The fourth-order valence-electron chi connectivity index (χ4n) is 3.97. The zero-order valence-corrected chi connectivity index (χ0v) is 18.2. The zero-order chi connectivity index (χ0) is 21.6. The molecule has 2 aromatic carbocycles. The molecule has 2 heterocycles. The summed E-state index contributed by atoms with van der Waals surface area (Å²) in [6.45, 7) is 6.15. The molecule has 6 nitrogen and oxygen atoms in total. The van der Waals surface area contributed by atoms with Crippen molar-refractivity contribution in [1.82, 2.24) is 14.8 Å². The van der Waals surface area contributed by atoms with Crippen LogP contribution in [0.25, 0.3) is 11.3 Å². The highest BCUT2D eigenvalue weighted by Gasteiger charge is 2.28. The molecular weight excluding hydrogens is 390 g/mol. The maximum Gasteiger partial charge on any atom is 0.409 e. The fourth-order valence-corrected chi connectivity index (χ4v) is 3.97. The smallest absolute Gasteiger partial charge is 0.409 e. The van der Waals surface area contributed by atoms with Gasteiger partial charge < -0.3 is 14.5 Å². The minimum Gasteiger partial charge on any atom is -0.450 e. The Morgan fingerprint density at radius 2 is 1.77 bits per heavy atom. The molecule has 0 atom stereocenters. The summed E-state index contributed by atoms with van der Waals surface area (Å²) in [6.07, 6.45) is 3.54. The van der Waals surface area contributed by atoms with E-state index >= 15 is 0 Å². The third-order valence-electron chi connectivity index (χ3n) is 5.71. The van der Waals surface area contributed by atoms with Crippen molar-refractivity contribution in [2.24, 2.45) is 0 Å². The van der Waals surface area contributed by atoms with Crippen LogP contribution in [0.1, 0.15) is 42.4 Å². The molecule has 1 amide bonds. The topological polar surface area (TPSA) is 56.6 Å². The van der Waals surface area contributed by atoms with E-state index in [1.807, 2.05) is 43.5 Å². The Labute approximate surface area is 183 Å². The Morgan fingerprint density at radius 1 is 1.06 bits per heavy atom. The Kier molecular flexibility index (Phi) is 6.55. The van der Waals surface area contributed by atoms with E-state index in [4.69, 9.17) is 14.7 Å². The molecule has 31 heavy (non-hydrogen) atoms. The number of likely N-dealkylation sites (tertiary alicyclic amines) is 1. The summed E-state index contributed by atoms with van der Waals surface area (Å²) in [7, 11) is 0. The lowest BCUT2D eigenvalue weighted by Gasteiger charge is -2.31. The van der Waals surface area contributed by atoms with Gasteiger partial charge in [0.2, 0.25) is 0 Å². The van der Waals surface area contributed by atoms with Crippen molar-refractivity contribution in [2.45, 2.75) is 39.2 Å². The Balaban J connectivity index is 1.54. The molecule has 162 valence electrons. The average Bonchev–Trinajstić information content (AvgIpc) is 3.23. The third-order valence-corrected chi connectivity index (χ3v) is 5.71. The summed E-state index contributed by atoms with van der Waals surface area (Å²) < 4.78 is 5.16. The molecule has 1 fully saturated rings. The number of benzene rings is 2. The van der Waals surface area contributed by atoms with Crippen molar-refractivity contribution in [3.05, 3.63) is 77.5 Å². The minimum absolute atomic E-state index is 0.221. The number of ether oxygens (including phenoxy) is 1. The first-order valence-electron chi connectivity index (χ1n) is 10.9. The molecule has 1 saturated heterocycles. The maximum absolute atomic E-state index is 12.1. The van der Waals surface area contributed by atoms with E-state index in [2.05, 4.69) is 31.2 Å². The van der Waals surface area contributed by atoms with Gasteiger partial charge in [-0.2, -0.15) is 0 Å². The summed E-state index contributed by atoms with van der Waals surface area (Å²) in [5.41, 5.74) is 5.51. The van der Waals surface area contributed by atoms with Gasteiger partial charge in [-0.3, -0.25) is 0 Å². The summed E-state index contributed by atoms with van der Waals surface area (Å²) >= 11 is 0. The number of aryl methyl sites for hydroxylation is 1. The highest BCUT2D eigenvalue weighted by atomic mass is 16.7. The van der Waals surface area contributed by atoms with Gasteiger partial charge in [-0.15, -0.1) is 9.94 Å². The molecule has 6 heteroatoms.